The molecule has 0 saturated heterocycles. The maximum absolute atomic E-state index is 13.2. The van der Waals surface area contributed by atoms with Crippen molar-refractivity contribution in [2.75, 3.05) is 19.0 Å². The van der Waals surface area contributed by atoms with Crippen LogP contribution in [0.25, 0.3) is 0 Å². The number of rotatable bonds is 5. The summed E-state index contributed by atoms with van der Waals surface area (Å²) in [6.45, 7) is 7.06. The molecule has 0 aliphatic rings. The molecule has 1 rings (SSSR count). The molecule has 0 aromatic carbocycles. The fraction of sp³-hybridized carbons (Fsp3) is 0.615. The van der Waals surface area contributed by atoms with E-state index in [2.05, 4.69) is 36.0 Å². The number of pyridine rings is 1. The second-order valence-corrected chi connectivity index (χ2v) is 4.89. The molecule has 1 aromatic rings. The van der Waals surface area contributed by atoms with Gasteiger partial charge >= 0.3 is 0 Å². The minimum atomic E-state index is -0.290. The van der Waals surface area contributed by atoms with Gasteiger partial charge < -0.3 is 10.2 Å². The van der Waals surface area contributed by atoms with Crippen molar-refractivity contribution in [3.05, 3.63) is 23.6 Å². The summed E-state index contributed by atoms with van der Waals surface area (Å²) in [5.41, 5.74) is 0.893. The first-order valence-electron chi connectivity index (χ1n) is 5.95. The van der Waals surface area contributed by atoms with Gasteiger partial charge in [-0.15, -0.1) is 0 Å². The Labute approximate surface area is 103 Å². The van der Waals surface area contributed by atoms with Crippen LogP contribution in [0.3, 0.4) is 0 Å². The average Bonchev–Trinajstić information content (AvgIpc) is 2.29. The Balaban J connectivity index is 3.12. The molecule has 0 aliphatic heterocycles. The zero-order valence-electron chi connectivity index (χ0n) is 11.3. The minimum Gasteiger partial charge on any atom is -0.354 e. The van der Waals surface area contributed by atoms with Crippen LogP contribution in [0.4, 0.5) is 10.2 Å². The van der Waals surface area contributed by atoms with Crippen LogP contribution in [-0.2, 0) is 6.54 Å². The molecule has 0 bridgehead atoms. The number of nitrogens with zero attached hydrogens (tertiary/aromatic N) is 2. The molecule has 0 radical (unpaired) electrons. The standard InChI is InChI=1S/C13H22FN3/c1-6-13(2,3)17(5)12-10(8-15-4)7-11(14)9-16-12/h7,9,15H,6,8H2,1-5H3. The predicted octanol–water partition coefficient (Wildman–Crippen LogP) is 2.56. The van der Waals surface area contributed by atoms with Crippen LogP contribution < -0.4 is 10.2 Å². The number of nitrogens with one attached hydrogen (secondary N) is 1. The van der Waals surface area contributed by atoms with Gasteiger partial charge in [-0.1, -0.05) is 6.92 Å². The van der Waals surface area contributed by atoms with Gasteiger partial charge in [-0.2, -0.15) is 0 Å². The fourth-order valence-corrected chi connectivity index (χ4v) is 1.62. The molecule has 0 amide bonds. The molecule has 0 spiro atoms. The topological polar surface area (TPSA) is 28.2 Å². The van der Waals surface area contributed by atoms with E-state index in [4.69, 9.17) is 0 Å². The Kier molecular flexibility index (Phi) is 4.46. The van der Waals surface area contributed by atoms with Crippen LogP contribution in [0.5, 0.6) is 0 Å². The Morgan fingerprint density at radius 1 is 1.47 bits per heavy atom. The molecular weight excluding hydrogens is 217 g/mol. The number of halogens is 1. The Morgan fingerprint density at radius 2 is 2.12 bits per heavy atom. The van der Waals surface area contributed by atoms with Crippen LogP contribution in [-0.4, -0.2) is 24.6 Å². The van der Waals surface area contributed by atoms with Gasteiger partial charge in [0.1, 0.15) is 11.6 Å². The molecule has 0 saturated carbocycles. The van der Waals surface area contributed by atoms with E-state index < -0.39 is 0 Å². The average molecular weight is 239 g/mol. The van der Waals surface area contributed by atoms with Crippen LogP contribution in [0, 0.1) is 5.82 Å². The molecule has 17 heavy (non-hydrogen) atoms. The smallest absolute Gasteiger partial charge is 0.141 e. The minimum absolute atomic E-state index is 0.00726. The van der Waals surface area contributed by atoms with Crippen molar-refractivity contribution in [3.8, 4) is 0 Å². The van der Waals surface area contributed by atoms with Gasteiger partial charge in [-0.25, -0.2) is 9.37 Å². The van der Waals surface area contributed by atoms with Gasteiger partial charge in [0.05, 0.1) is 6.20 Å². The Bertz CT molecular complexity index is 377. The van der Waals surface area contributed by atoms with Gasteiger partial charge in [0.25, 0.3) is 0 Å². The van der Waals surface area contributed by atoms with Crippen molar-refractivity contribution in [3.63, 3.8) is 0 Å². The molecule has 1 heterocycles. The zero-order valence-corrected chi connectivity index (χ0v) is 11.3. The fourth-order valence-electron chi connectivity index (χ4n) is 1.62. The summed E-state index contributed by atoms with van der Waals surface area (Å²) in [5.74, 6) is 0.550. The lowest BCUT2D eigenvalue weighted by Crippen LogP contribution is -2.41. The highest BCUT2D eigenvalue weighted by molar-refractivity contribution is 5.48. The summed E-state index contributed by atoms with van der Waals surface area (Å²) >= 11 is 0. The summed E-state index contributed by atoms with van der Waals surface area (Å²) in [6, 6.07) is 1.54. The quantitative estimate of drug-likeness (QED) is 0.856. The molecule has 0 aliphatic carbocycles. The normalized spacial score (nSPS) is 11.6. The van der Waals surface area contributed by atoms with Crippen LogP contribution in [0.15, 0.2) is 12.3 Å². The van der Waals surface area contributed by atoms with Crippen molar-refractivity contribution < 1.29 is 4.39 Å². The van der Waals surface area contributed by atoms with Gasteiger partial charge in [-0.05, 0) is 33.4 Å². The first-order valence-corrected chi connectivity index (χ1v) is 5.95. The second-order valence-electron chi connectivity index (χ2n) is 4.89. The molecule has 4 heteroatoms. The summed E-state index contributed by atoms with van der Waals surface area (Å²) in [4.78, 5) is 6.33. The highest BCUT2D eigenvalue weighted by atomic mass is 19.1. The number of hydrogen-bond donors (Lipinski definition) is 1. The lowest BCUT2D eigenvalue weighted by atomic mass is 9.99. The maximum atomic E-state index is 13.2. The number of hydrogen-bond acceptors (Lipinski definition) is 3. The van der Waals surface area contributed by atoms with Crippen molar-refractivity contribution in [1.29, 1.82) is 0 Å². The molecular formula is C13H22FN3. The van der Waals surface area contributed by atoms with Crippen LogP contribution >= 0.6 is 0 Å². The number of anilines is 1. The van der Waals surface area contributed by atoms with E-state index in [0.717, 1.165) is 17.8 Å². The van der Waals surface area contributed by atoms with Crippen molar-refractivity contribution >= 4 is 5.82 Å². The van der Waals surface area contributed by atoms with E-state index in [-0.39, 0.29) is 11.4 Å². The van der Waals surface area contributed by atoms with Crippen LogP contribution in [0.2, 0.25) is 0 Å². The van der Waals surface area contributed by atoms with Gasteiger partial charge in [0, 0.05) is 24.7 Å². The molecule has 0 unspecified atom stereocenters. The first kappa shape index (κ1) is 13.9. The molecule has 3 nitrogen and oxygen atoms in total. The molecule has 1 N–H and O–H groups in total. The van der Waals surface area contributed by atoms with E-state index >= 15 is 0 Å². The lowest BCUT2D eigenvalue weighted by Gasteiger charge is -2.36. The first-order chi connectivity index (χ1) is 7.92. The molecule has 0 fully saturated rings. The summed E-state index contributed by atoms with van der Waals surface area (Å²) in [5, 5.41) is 3.04. The predicted molar refractivity (Wildman–Crippen MR) is 69.7 cm³/mol. The SMILES string of the molecule is CCC(C)(C)N(C)c1ncc(F)cc1CNC. The van der Waals surface area contributed by atoms with Crippen molar-refractivity contribution in [1.82, 2.24) is 10.3 Å². The van der Waals surface area contributed by atoms with E-state index in [1.165, 1.54) is 6.20 Å². The van der Waals surface area contributed by atoms with Gasteiger partial charge in [-0.3, -0.25) is 0 Å². The summed E-state index contributed by atoms with van der Waals surface area (Å²) in [7, 11) is 3.85. The van der Waals surface area contributed by atoms with Crippen molar-refractivity contribution in [2.45, 2.75) is 39.3 Å². The Morgan fingerprint density at radius 3 is 2.65 bits per heavy atom. The second kappa shape index (κ2) is 5.45. The monoisotopic (exact) mass is 239 g/mol. The molecule has 1 aromatic heterocycles. The van der Waals surface area contributed by atoms with E-state index in [0.29, 0.717) is 6.54 Å². The third kappa shape index (κ3) is 3.16. The third-order valence-corrected chi connectivity index (χ3v) is 3.37. The molecule has 0 atom stereocenters. The third-order valence-electron chi connectivity index (χ3n) is 3.37. The Hall–Kier alpha value is -1.16. The van der Waals surface area contributed by atoms with Gasteiger partial charge in [0.2, 0.25) is 0 Å². The summed E-state index contributed by atoms with van der Waals surface area (Å²) in [6.07, 6.45) is 2.28. The largest absolute Gasteiger partial charge is 0.354 e. The maximum Gasteiger partial charge on any atom is 0.141 e. The number of aromatic nitrogens is 1. The highest BCUT2D eigenvalue weighted by Crippen LogP contribution is 2.26. The molecule has 96 valence electrons. The zero-order chi connectivity index (χ0) is 13.1. The van der Waals surface area contributed by atoms with Crippen LogP contribution in [0.1, 0.15) is 32.8 Å². The van der Waals surface area contributed by atoms with Gasteiger partial charge in [0.15, 0.2) is 0 Å². The van der Waals surface area contributed by atoms with Crippen molar-refractivity contribution in [2.24, 2.45) is 0 Å². The van der Waals surface area contributed by atoms with E-state index in [1.54, 1.807) is 6.07 Å². The summed E-state index contributed by atoms with van der Waals surface area (Å²) < 4.78 is 13.2. The lowest BCUT2D eigenvalue weighted by molar-refractivity contribution is 0.464. The highest BCUT2D eigenvalue weighted by Gasteiger charge is 2.24. The van der Waals surface area contributed by atoms with E-state index in [9.17, 15) is 4.39 Å². The van der Waals surface area contributed by atoms with E-state index in [1.807, 2.05) is 14.1 Å².